The molecule has 0 aliphatic heterocycles. The maximum Gasteiger partial charge on any atom is 0.239 e. The van der Waals surface area contributed by atoms with Gasteiger partial charge in [-0.3, -0.25) is 9.69 Å². The number of carbonyl (C=O) groups excluding carboxylic acids is 1. The molecule has 0 spiro atoms. The molecule has 1 aliphatic carbocycles. The summed E-state index contributed by atoms with van der Waals surface area (Å²) in [6.07, 6.45) is 6.47. The molecular weight excluding hydrogens is 356 g/mol. The van der Waals surface area contributed by atoms with Gasteiger partial charge in [-0.05, 0) is 50.1 Å². The number of aryl methyl sites for hydroxylation is 1. The summed E-state index contributed by atoms with van der Waals surface area (Å²) in [6.45, 7) is 2.97. The van der Waals surface area contributed by atoms with Gasteiger partial charge in [0.15, 0.2) is 11.5 Å². The Morgan fingerprint density at radius 1 is 1.25 bits per heavy atom. The molecule has 7 heteroatoms. The fraction of sp³-hybridized carbons (Fsp3) is 0.524. The van der Waals surface area contributed by atoms with Gasteiger partial charge in [0.25, 0.3) is 0 Å². The third-order valence-electron chi connectivity index (χ3n) is 5.30. The fourth-order valence-electron chi connectivity index (χ4n) is 3.82. The number of amides is 1. The van der Waals surface area contributed by atoms with Crippen LogP contribution in [0.1, 0.15) is 42.9 Å². The molecule has 28 heavy (non-hydrogen) atoms. The molecule has 1 N–H and O–H groups in total. The molecule has 0 radical (unpaired) electrons. The zero-order chi connectivity index (χ0) is 20.1. The summed E-state index contributed by atoms with van der Waals surface area (Å²) in [5.74, 6) is 2.15. The molecule has 3 rings (SSSR count). The third kappa shape index (κ3) is 4.65. The lowest BCUT2D eigenvalue weighted by atomic mass is 10.1. The molecule has 1 saturated carbocycles. The highest BCUT2D eigenvalue weighted by atomic mass is 16.5. The normalized spacial score (nSPS) is 14.5. The van der Waals surface area contributed by atoms with Gasteiger partial charge in [0, 0.05) is 12.6 Å². The van der Waals surface area contributed by atoms with E-state index in [1.807, 2.05) is 41.8 Å². The number of nitrogens with zero attached hydrogens (tertiary/aromatic N) is 3. The van der Waals surface area contributed by atoms with Crippen molar-refractivity contribution in [2.75, 3.05) is 33.1 Å². The second kappa shape index (κ2) is 9.10. The largest absolute Gasteiger partial charge is 0.493 e. The van der Waals surface area contributed by atoms with E-state index in [9.17, 15) is 4.79 Å². The number of hydrogen-bond donors (Lipinski definition) is 1. The first-order valence-electron chi connectivity index (χ1n) is 9.75. The molecule has 1 aromatic carbocycles. The Balaban J connectivity index is 1.60. The molecule has 152 valence electrons. The highest BCUT2D eigenvalue weighted by Crippen LogP contribution is 2.32. The first-order chi connectivity index (χ1) is 13.5. The van der Waals surface area contributed by atoms with Crippen molar-refractivity contribution in [1.29, 1.82) is 0 Å². The molecule has 0 atom stereocenters. The number of likely N-dealkylation sites (N-methyl/N-ethyl adjacent to an activating group) is 1. The highest BCUT2D eigenvalue weighted by Gasteiger charge is 2.21. The number of anilines is 1. The van der Waals surface area contributed by atoms with Crippen LogP contribution in [0.3, 0.4) is 0 Å². The lowest BCUT2D eigenvalue weighted by molar-refractivity contribution is -0.117. The zero-order valence-electron chi connectivity index (χ0n) is 17.2. The SMILES string of the molecule is COc1cc(C)c(CN(C)CC(=O)Nc2ccnn2C2CCCC2)cc1OC. The van der Waals surface area contributed by atoms with E-state index in [1.54, 1.807) is 20.4 Å². The van der Waals surface area contributed by atoms with E-state index in [-0.39, 0.29) is 5.91 Å². The van der Waals surface area contributed by atoms with Crippen LogP contribution >= 0.6 is 0 Å². The predicted octanol–water partition coefficient (Wildman–Crippen LogP) is 3.39. The third-order valence-corrected chi connectivity index (χ3v) is 5.30. The van der Waals surface area contributed by atoms with Crippen LogP contribution in [-0.4, -0.2) is 48.4 Å². The summed E-state index contributed by atoms with van der Waals surface area (Å²) in [4.78, 5) is 14.5. The number of nitrogens with one attached hydrogen (secondary N) is 1. The summed E-state index contributed by atoms with van der Waals surface area (Å²) in [5.41, 5.74) is 2.20. The molecule has 1 aliphatic rings. The second-order valence-corrected chi connectivity index (χ2v) is 7.45. The molecule has 1 amide bonds. The van der Waals surface area contributed by atoms with Gasteiger partial charge in [0.05, 0.1) is 33.0 Å². The molecule has 2 aromatic rings. The molecule has 7 nitrogen and oxygen atoms in total. The summed E-state index contributed by atoms with van der Waals surface area (Å²) < 4.78 is 12.7. The summed E-state index contributed by atoms with van der Waals surface area (Å²) in [7, 11) is 5.19. The van der Waals surface area contributed by atoms with Crippen LogP contribution in [0.4, 0.5) is 5.82 Å². The first-order valence-corrected chi connectivity index (χ1v) is 9.75. The minimum Gasteiger partial charge on any atom is -0.493 e. The van der Waals surface area contributed by atoms with E-state index in [2.05, 4.69) is 10.4 Å². The Morgan fingerprint density at radius 3 is 2.61 bits per heavy atom. The van der Waals surface area contributed by atoms with Crippen LogP contribution < -0.4 is 14.8 Å². The number of ether oxygens (including phenoxy) is 2. The quantitative estimate of drug-likeness (QED) is 0.753. The summed E-state index contributed by atoms with van der Waals surface area (Å²) >= 11 is 0. The number of methoxy groups -OCH3 is 2. The van der Waals surface area contributed by atoms with Gasteiger partial charge in [0.2, 0.25) is 5.91 Å². The van der Waals surface area contributed by atoms with Crippen LogP contribution in [0, 0.1) is 6.92 Å². The van der Waals surface area contributed by atoms with Crippen LogP contribution in [0.15, 0.2) is 24.4 Å². The van der Waals surface area contributed by atoms with Crippen molar-refractivity contribution in [2.24, 2.45) is 0 Å². The van der Waals surface area contributed by atoms with E-state index in [0.29, 0.717) is 30.6 Å². The molecular formula is C21H30N4O3. The Labute approximate surface area is 166 Å². The average molecular weight is 386 g/mol. The van der Waals surface area contributed by atoms with Crippen LogP contribution in [0.25, 0.3) is 0 Å². The first kappa shape index (κ1) is 20.2. The van der Waals surface area contributed by atoms with E-state index in [0.717, 1.165) is 29.8 Å². The van der Waals surface area contributed by atoms with Crippen molar-refractivity contribution in [2.45, 2.75) is 45.2 Å². The number of benzene rings is 1. The van der Waals surface area contributed by atoms with Crippen molar-refractivity contribution >= 4 is 11.7 Å². The van der Waals surface area contributed by atoms with Gasteiger partial charge in [0.1, 0.15) is 5.82 Å². The van der Waals surface area contributed by atoms with Gasteiger partial charge >= 0.3 is 0 Å². The molecule has 1 fully saturated rings. The van der Waals surface area contributed by atoms with Gasteiger partial charge in [-0.1, -0.05) is 12.8 Å². The second-order valence-electron chi connectivity index (χ2n) is 7.45. The summed E-state index contributed by atoms with van der Waals surface area (Å²) in [5, 5.41) is 7.42. The number of aromatic nitrogens is 2. The fourth-order valence-corrected chi connectivity index (χ4v) is 3.82. The highest BCUT2D eigenvalue weighted by molar-refractivity contribution is 5.91. The van der Waals surface area contributed by atoms with E-state index in [1.165, 1.54) is 12.8 Å². The zero-order valence-corrected chi connectivity index (χ0v) is 17.2. The van der Waals surface area contributed by atoms with Crippen molar-refractivity contribution in [1.82, 2.24) is 14.7 Å². The number of carbonyl (C=O) groups is 1. The van der Waals surface area contributed by atoms with E-state index < -0.39 is 0 Å². The van der Waals surface area contributed by atoms with Crippen LogP contribution in [0.2, 0.25) is 0 Å². The molecule has 1 aromatic heterocycles. The molecule has 0 unspecified atom stereocenters. The average Bonchev–Trinajstić information content (AvgIpc) is 3.34. The monoisotopic (exact) mass is 386 g/mol. The lowest BCUT2D eigenvalue weighted by Gasteiger charge is -2.20. The standard InChI is InChI=1S/C21H30N4O3/c1-15-11-18(27-3)19(28-4)12-16(15)13-24(2)14-21(26)23-20-9-10-22-25(20)17-7-5-6-8-17/h9-12,17H,5-8,13-14H2,1-4H3,(H,23,26). The van der Waals surface area contributed by atoms with Gasteiger partial charge < -0.3 is 14.8 Å². The predicted molar refractivity (Wildman–Crippen MR) is 109 cm³/mol. The van der Waals surface area contributed by atoms with Gasteiger partial charge in [-0.25, -0.2) is 4.68 Å². The minimum atomic E-state index is -0.0413. The van der Waals surface area contributed by atoms with E-state index >= 15 is 0 Å². The minimum absolute atomic E-state index is 0.0413. The summed E-state index contributed by atoms with van der Waals surface area (Å²) in [6, 6.07) is 6.20. The lowest BCUT2D eigenvalue weighted by Crippen LogP contribution is -2.31. The van der Waals surface area contributed by atoms with Crippen molar-refractivity contribution in [3.8, 4) is 11.5 Å². The van der Waals surface area contributed by atoms with E-state index in [4.69, 9.17) is 9.47 Å². The molecule has 0 saturated heterocycles. The molecule has 1 heterocycles. The van der Waals surface area contributed by atoms with Crippen LogP contribution in [-0.2, 0) is 11.3 Å². The van der Waals surface area contributed by atoms with Crippen molar-refractivity contribution in [3.63, 3.8) is 0 Å². The van der Waals surface area contributed by atoms with Gasteiger partial charge in [-0.15, -0.1) is 0 Å². The smallest absolute Gasteiger partial charge is 0.239 e. The maximum absolute atomic E-state index is 12.5. The Bertz CT molecular complexity index is 812. The Kier molecular flexibility index (Phi) is 6.57. The Morgan fingerprint density at radius 2 is 1.93 bits per heavy atom. The number of rotatable bonds is 8. The Hall–Kier alpha value is -2.54. The van der Waals surface area contributed by atoms with Crippen LogP contribution in [0.5, 0.6) is 11.5 Å². The maximum atomic E-state index is 12.5. The van der Waals surface area contributed by atoms with Crippen molar-refractivity contribution < 1.29 is 14.3 Å². The number of hydrogen-bond acceptors (Lipinski definition) is 5. The molecule has 0 bridgehead atoms. The van der Waals surface area contributed by atoms with Crippen molar-refractivity contribution in [3.05, 3.63) is 35.5 Å². The van der Waals surface area contributed by atoms with Gasteiger partial charge in [-0.2, -0.15) is 5.10 Å². The topological polar surface area (TPSA) is 68.6 Å².